The molecule has 2 saturated heterocycles. The molecule has 3 rings (SSSR count). The molecule has 2 heterocycles. The standard InChI is InChI=1S/C22H26ClN3O4S/c1-2-3-6-11-24-18(27)14-26-21(29)19(31-22(26)30)15-9-12-25(13-10-15)20(28)16-7-4-5-8-17(16)23/h4-5,7-8H,2-3,6,9-14H2,1H3,(H,24,27). The molecule has 0 aromatic heterocycles. The van der Waals surface area contributed by atoms with Crippen LogP contribution in [0.25, 0.3) is 0 Å². The summed E-state index contributed by atoms with van der Waals surface area (Å²) in [5.74, 6) is -0.887. The van der Waals surface area contributed by atoms with E-state index in [1.54, 1.807) is 29.2 Å². The molecule has 4 amide bonds. The van der Waals surface area contributed by atoms with Gasteiger partial charge in [-0.1, -0.05) is 43.5 Å². The maximum absolute atomic E-state index is 12.8. The Bertz CT molecular complexity index is 908. The minimum absolute atomic E-state index is 0.141. The number of rotatable bonds is 7. The van der Waals surface area contributed by atoms with Crippen LogP contribution in [0, 0.1) is 0 Å². The van der Waals surface area contributed by atoms with E-state index in [-0.39, 0.29) is 18.4 Å². The van der Waals surface area contributed by atoms with Crippen molar-refractivity contribution in [1.29, 1.82) is 0 Å². The first kappa shape index (κ1) is 23.3. The molecule has 0 aliphatic carbocycles. The van der Waals surface area contributed by atoms with Crippen molar-refractivity contribution in [2.75, 3.05) is 26.2 Å². The van der Waals surface area contributed by atoms with Gasteiger partial charge >= 0.3 is 0 Å². The Morgan fingerprint density at radius 3 is 2.52 bits per heavy atom. The van der Waals surface area contributed by atoms with Crippen molar-refractivity contribution in [3.05, 3.63) is 45.3 Å². The first-order valence-corrected chi connectivity index (χ1v) is 11.7. The molecule has 0 unspecified atom stereocenters. The molecular formula is C22H26ClN3O4S. The molecule has 2 aliphatic heterocycles. The van der Waals surface area contributed by atoms with E-state index in [2.05, 4.69) is 12.2 Å². The number of likely N-dealkylation sites (tertiary alicyclic amines) is 1. The Labute approximate surface area is 191 Å². The van der Waals surface area contributed by atoms with Crippen molar-refractivity contribution in [3.8, 4) is 0 Å². The van der Waals surface area contributed by atoms with Gasteiger partial charge in [0.15, 0.2) is 0 Å². The van der Waals surface area contributed by atoms with Gasteiger partial charge in [-0.15, -0.1) is 0 Å². The quantitative estimate of drug-likeness (QED) is 0.490. The monoisotopic (exact) mass is 463 g/mol. The van der Waals surface area contributed by atoms with Gasteiger partial charge in [-0.05, 0) is 48.7 Å². The van der Waals surface area contributed by atoms with E-state index < -0.39 is 11.1 Å². The maximum atomic E-state index is 12.8. The van der Waals surface area contributed by atoms with Crippen LogP contribution in [0.2, 0.25) is 5.02 Å². The van der Waals surface area contributed by atoms with Crippen LogP contribution in [-0.4, -0.2) is 58.9 Å². The normalized spacial score (nSPS) is 16.8. The molecule has 9 heteroatoms. The van der Waals surface area contributed by atoms with Gasteiger partial charge < -0.3 is 10.2 Å². The van der Waals surface area contributed by atoms with Gasteiger partial charge in [0.1, 0.15) is 6.54 Å². The van der Waals surface area contributed by atoms with Crippen molar-refractivity contribution in [2.45, 2.75) is 39.0 Å². The zero-order valence-corrected chi connectivity index (χ0v) is 19.1. The molecule has 0 spiro atoms. The van der Waals surface area contributed by atoms with E-state index in [0.717, 1.165) is 41.5 Å². The van der Waals surface area contributed by atoms with Gasteiger partial charge in [0.05, 0.1) is 15.5 Å². The van der Waals surface area contributed by atoms with Crippen molar-refractivity contribution in [2.24, 2.45) is 0 Å². The summed E-state index contributed by atoms with van der Waals surface area (Å²) < 4.78 is 0. The first-order chi connectivity index (χ1) is 14.9. The number of hydrogen-bond donors (Lipinski definition) is 1. The van der Waals surface area contributed by atoms with Crippen molar-refractivity contribution >= 4 is 46.3 Å². The number of imide groups is 1. The second-order valence-electron chi connectivity index (χ2n) is 7.52. The highest BCUT2D eigenvalue weighted by Gasteiger charge is 2.38. The van der Waals surface area contributed by atoms with E-state index in [4.69, 9.17) is 11.6 Å². The highest BCUT2D eigenvalue weighted by atomic mass is 35.5. The minimum atomic E-state index is -0.425. The summed E-state index contributed by atoms with van der Waals surface area (Å²) in [4.78, 5) is 53.0. The molecule has 1 aromatic rings. The summed E-state index contributed by atoms with van der Waals surface area (Å²) in [7, 11) is 0. The van der Waals surface area contributed by atoms with Crippen LogP contribution in [0.1, 0.15) is 49.4 Å². The van der Waals surface area contributed by atoms with Gasteiger partial charge in [-0.3, -0.25) is 24.1 Å². The summed E-state index contributed by atoms with van der Waals surface area (Å²) in [5, 5.41) is 2.74. The maximum Gasteiger partial charge on any atom is 0.294 e. The smallest absolute Gasteiger partial charge is 0.294 e. The summed E-state index contributed by atoms with van der Waals surface area (Å²) >= 11 is 7.01. The summed E-state index contributed by atoms with van der Waals surface area (Å²) in [6.45, 7) is 3.25. The molecule has 1 aromatic carbocycles. The molecule has 31 heavy (non-hydrogen) atoms. The number of carbonyl (C=O) groups is 4. The third kappa shape index (κ3) is 5.68. The molecule has 0 atom stereocenters. The van der Waals surface area contributed by atoms with Crippen LogP contribution < -0.4 is 5.32 Å². The molecule has 166 valence electrons. The van der Waals surface area contributed by atoms with Crippen molar-refractivity contribution < 1.29 is 19.2 Å². The number of benzene rings is 1. The van der Waals surface area contributed by atoms with Crippen LogP contribution in [-0.2, 0) is 9.59 Å². The van der Waals surface area contributed by atoms with Gasteiger partial charge in [0.2, 0.25) is 5.91 Å². The number of carbonyl (C=O) groups excluding carboxylic acids is 4. The van der Waals surface area contributed by atoms with E-state index >= 15 is 0 Å². The van der Waals surface area contributed by atoms with Gasteiger partial charge in [0, 0.05) is 19.6 Å². The molecule has 7 nitrogen and oxygen atoms in total. The fourth-order valence-electron chi connectivity index (χ4n) is 3.57. The summed E-state index contributed by atoms with van der Waals surface area (Å²) in [6.07, 6.45) is 3.96. The molecular weight excluding hydrogens is 438 g/mol. The van der Waals surface area contributed by atoms with Crippen LogP contribution in [0.15, 0.2) is 34.7 Å². The Morgan fingerprint density at radius 1 is 1.13 bits per heavy atom. The highest BCUT2D eigenvalue weighted by molar-refractivity contribution is 8.18. The third-order valence-corrected chi connectivity index (χ3v) is 6.72. The van der Waals surface area contributed by atoms with E-state index in [9.17, 15) is 19.2 Å². The number of piperidine rings is 1. The number of halogens is 1. The molecule has 0 saturated carbocycles. The second-order valence-corrected chi connectivity index (χ2v) is 8.89. The Morgan fingerprint density at radius 2 is 1.84 bits per heavy atom. The predicted molar refractivity (Wildman–Crippen MR) is 121 cm³/mol. The lowest BCUT2D eigenvalue weighted by Gasteiger charge is -2.29. The van der Waals surface area contributed by atoms with Gasteiger partial charge in [-0.2, -0.15) is 0 Å². The number of nitrogens with zero attached hydrogens (tertiary/aromatic N) is 2. The number of nitrogens with one attached hydrogen (secondary N) is 1. The molecule has 1 N–H and O–H groups in total. The number of unbranched alkanes of at least 4 members (excludes halogenated alkanes) is 2. The SMILES string of the molecule is CCCCCNC(=O)CN1C(=O)SC(=C2CCN(C(=O)c3ccccc3Cl)CC2)C1=O. The van der Waals surface area contributed by atoms with Crippen LogP contribution in [0.3, 0.4) is 0 Å². The second kappa shape index (κ2) is 10.8. The largest absolute Gasteiger partial charge is 0.355 e. The lowest BCUT2D eigenvalue weighted by molar-refractivity contribution is -0.129. The number of thioether (sulfide) groups is 1. The van der Waals surface area contributed by atoms with E-state index in [1.807, 2.05) is 0 Å². The van der Waals surface area contributed by atoms with Crippen molar-refractivity contribution in [3.63, 3.8) is 0 Å². The van der Waals surface area contributed by atoms with Gasteiger partial charge in [0.25, 0.3) is 17.1 Å². The summed E-state index contributed by atoms with van der Waals surface area (Å²) in [6, 6.07) is 6.92. The predicted octanol–water partition coefficient (Wildman–Crippen LogP) is 3.83. The summed E-state index contributed by atoms with van der Waals surface area (Å²) in [5.41, 5.74) is 1.32. The van der Waals surface area contributed by atoms with Crippen LogP contribution >= 0.6 is 23.4 Å². The number of amides is 4. The number of hydrogen-bond acceptors (Lipinski definition) is 5. The zero-order valence-electron chi connectivity index (χ0n) is 17.5. The average molecular weight is 464 g/mol. The fourth-order valence-corrected chi connectivity index (χ4v) is 4.76. The fraction of sp³-hybridized carbons (Fsp3) is 0.455. The first-order valence-electron chi connectivity index (χ1n) is 10.5. The molecule has 0 radical (unpaired) electrons. The Kier molecular flexibility index (Phi) is 8.15. The third-order valence-electron chi connectivity index (χ3n) is 5.33. The Hall–Kier alpha value is -2.32. The topological polar surface area (TPSA) is 86.8 Å². The lowest BCUT2D eigenvalue weighted by atomic mass is 10.0. The molecule has 2 fully saturated rings. The zero-order chi connectivity index (χ0) is 22.4. The van der Waals surface area contributed by atoms with Crippen LogP contribution in [0.5, 0.6) is 0 Å². The van der Waals surface area contributed by atoms with E-state index in [0.29, 0.717) is 48.0 Å². The Balaban J connectivity index is 1.58. The van der Waals surface area contributed by atoms with E-state index in [1.165, 1.54) is 0 Å². The molecule has 2 aliphatic rings. The van der Waals surface area contributed by atoms with Gasteiger partial charge in [-0.25, -0.2) is 0 Å². The van der Waals surface area contributed by atoms with Crippen molar-refractivity contribution in [1.82, 2.24) is 15.1 Å². The minimum Gasteiger partial charge on any atom is -0.355 e. The average Bonchev–Trinajstić information content (AvgIpc) is 3.05. The molecule has 0 bridgehead atoms. The highest BCUT2D eigenvalue weighted by Crippen LogP contribution is 2.36. The lowest BCUT2D eigenvalue weighted by Crippen LogP contribution is -2.40. The van der Waals surface area contributed by atoms with Crippen LogP contribution in [0.4, 0.5) is 4.79 Å².